The Kier molecular flexibility index (Phi) is 7.10. The lowest BCUT2D eigenvalue weighted by Crippen LogP contribution is -2.00. The van der Waals surface area contributed by atoms with Crippen molar-refractivity contribution in [2.24, 2.45) is 0 Å². The Labute approximate surface area is 140 Å². The predicted octanol–water partition coefficient (Wildman–Crippen LogP) is 4.21. The van der Waals surface area contributed by atoms with Gasteiger partial charge < -0.3 is 10.2 Å². The number of hydrogen-bond acceptors (Lipinski definition) is 2. The van der Waals surface area contributed by atoms with Gasteiger partial charge in [-0.15, -0.1) is 24.8 Å². The second kappa shape index (κ2) is 7.82. The van der Waals surface area contributed by atoms with Crippen LogP contribution in [0.5, 0.6) is 0 Å². The van der Waals surface area contributed by atoms with Crippen LogP contribution in [-0.2, 0) is 0 Å². The van der Waals surface area contributed by atoms with Gasteiger partial charge in [-0.3, -0.25) is 0 Å². The molecule has 4 nitrogen and oxygen atoms in total. The molecule has 0 heterocycles. The van der Waals surface area contributed by atoms with E-state index >= 15 is 0 Å². The zero-order chi connectivity index (χ0) is 14.9. The fraction of sp³-hybridized carbons (Fsp3) is 0.125. The Morgan fingerprint density at radius 2 is 1.05 bits per heavy atom. The van der Waals surface area contributed by atoms with E-state index in [9.17, 15) is 9.59 Å². The molecule has 0 aliphatic heterocycles. The molecule has 118 valence electrons. The summed E-state index contributed by atoms with van der Waals surface area (Å²) in [7, 11) is 0. The largest absolute Gasteiger partial charge is 0.478 e. The zero-order valence-electron chi connectivity index (χ0n) is 12.0. The van der Waals surface area contributed by atoms with Crippen LogP contribution < -0.4 is 0 Å². The maximum atomic E-state index is 11.0. The van der Waals surface area contributed by atoms with Gasteiger partial charge in [0.1, 0.15) is 0 Å². The summed E-state index contributed by atoms with van der Waals surface area (Å²) in [6.07, 6.45) is 0. The Morgan fingerprint density at radius 3 is 1.27 bits per heavy atom. The number of carboxylic acids is 2. The van der Waals surface area contributed by atoms with Gasteiger partial charge in [0.05, 0.1) is 11.1 Å². The molecule has 0 saturated heterocycles. The number of rotatable bonds is 3. The van der Waals surface area contributed by atoms with Gasteiger partial charge in [0.2, 0.25) is 0 Å². The Morgan fingerprint density at radius 1 is 0.727 bits per heavy atom. The average molecular weight is 343 g/mol. The first-order valence-corrected chi connectivity index (χ1v) is 6.08. The van der Waals surface area contributed by atoms with Crippen molar-refractivity contribution >= 4 is 36.8 Å². The van der Waals surface area contributed by atoms with Crippen molar-refractivity contribution in [1.29, 1.82) is 0 Å². The van der Waals surface area contributed by atoms with E-state index in [4.69, 9.17) is 10.2 Å². The second-order valence-corrected chi connectivity index (χ2v) is 4.67. The smallest absolute Gasteiger partial charge is 0.335 e. The van der Waals surface area contributed by atoms with E-state index in [1.165, 1.54) is 0 Å². The summed E-state index contributed by atoms with van der Waals surface area (Å²) >= 11 is 0. The van der Waals surface area contributed by atoms with Gasteiger partial charge in [-0.1, -0.05) is 24.3 Å². The second-order valence-electron chi connectivity index (χ2n) is 4.67. The molecule has 0 atom stereocenters. The third kappa shape index (κ3) is 4.00. The number of carboxylic acid groups (broad SMARTS) is 2. The first kappa shape index (κ1) is 20.0. The molecule has 0 saturated carbocycles. The molecule has 0 aromatic heterocycles. The third-order valence-electron chi connectivity index (χ3n) is 3.25. The van der Waals surface area contributed by atoms with Crippen molar-refractivity contribution in [2.45, 2.75) is 13.8 Å². The monoisotopic (exact) mass is 342 g/mol. The number of aromatic carboxylic acids is 2. The summed E-state index contributed by atoms with van der Waals surface area (Å²) < 4.78 is 0. The van der Waals surface area contributed by atoms with Crippen LogP contribution in [0.15, 0.2) is 36.4 Å². The first-order valence-electron chi connectivity index (χ1n) is 6.08. The third-order valence-corrected chi connectivity index (χ3v) is 3.25. The molecule has 2 aromatic carbocycles. The molecule has 0 radical (unpaired) electrons. The van der Waals surface area contributed by atoms with E-state index < -0.39 is 11.9 Å². The van der Waals surface area contributed by atoms with Gasteiger partial charge in [0.15, 0.2) is 0 Å². The molecule has 0 aliphatic rings. The van der Waals surface area contributed by atoms with Crippen LogP contribution in [0.3, 0.4) is 0 Å². The standard InChI is InChI=1S/C16H14O4.2ClH/c1-9-7-11(3-5-13(9)15(17)18)12-4-6-14(16(19)20)10(2)8-12;;/h3-8H,1-2H3,(H,17,18)(H,19,20);2*1H. The Balaban J connectivity index is 0.00000220. The molecule has 2 rings (SSSR count). The highest BCUT2D eigenvalue weighted by Crippen LogP contribution is 2.24. The number of halogens is 2. The van der Waals surface area contributed by atoms with E-state index in [1.54, 1.807) is 50.2 Å². The van der Waals surface area contributed by atoms with E-state index in [-0.39, 0.29) is 35.9 Å². The van der Waals surface area contributed by atoms with E-state index in [0.717, 1.165) is 11.1 Å². The number of benzene rings is 2. The summed E-state index contributed by atoms with van der Waals surface area (Å²) in [6, 6.07) is 10.2. The zero-order valence-corrected chi connectivity index (χ0v) is 13.6. The van der Waals surface area contributed by atoms with Crippen LogP contribution in [0.1, 0.15) is 31.8 Å². The molecule has 6 heteroatoms. The summed E-state index contributed by atoms with van der Waals surface area (Å²) in [6.45, 7) is 3.48. The van der Waals surface area contributed by atoms with Crippen molar-refractivity contribution in [1.82, 2.24) is 0 Å². The van der Waals surface area contributed by atoms with E-state index in [0.29, 0.717) is 11.1 Å². The highest BCUT2D eigenvalue weighted by molar-refractivity contribution is 5.91. The molecule has 0 amide bonds. The lowest BCUT2D eigenvalue weighted by Gasteiger charge is -2.08. The number of aryl methyl sites for hydroxylation is 2. The molecule has 0 aliphatic carbocycles. The molecule has 0 unspecified atom stereocenters. The SMILES string of the molecule is Cc1cc(-c2ccc(C(=O)O)c(C)c2)ccc1C(=O)O.Cl.Cl. The predicted molar refractivity (Wildman–Crippen MR) is 89.8 cm³/mol. The van der Waals surface area contributed by atoms with Crippen LogP contribution in [0.25, 0.3) is 11.1 Å². The Hall–Kier alpha value is -2.04. The molecule has 0 fully saturated rings. The normalized spacial score (nSPS) is 9.36. The van der Waals surface area contributed by atoms with Crippen molar-refractivity contribution in [2.75, 3.05) is 0 Å². The summed E-state index contributed by atoms with van der Waals surface area (Å²) in [5.41, 5.74) is 3.63. The van der Waals surface area contributed by atoms with Crippen LogP contribution in [0, 0.1) is 13.8 Å². The van der Waals surface area contributed by atoms with Gasteiger partial charge in [0.25, 0.3) is 0 Å². The number of carbonyl (C=O) groups is 2. The van der Waals surface area contributed by atoms with Crippen LogP contribution in [-0.4, -0.2) is 22.2 Å². The van der Waals surface area contributed by atoms with Crippen molar-refractivity contribution in [3.63, 3.8) is 0 Å². The maximum Gasteiger partial charge on any atom is 0.335 e. The fourth-order valence-electron chi connectivity index (χ4n) is 2.17. The molecule has 22 heavy (non-hydrogen) atoms. The van der Waals surface area contributed by atoms with Gasteiger partial charge in [-0.25, -0.2) is 9.59 Å². The molecule has 0 spiro atoms. The molecular weight excluding hydrogens is 327 g/mol. The minimum atomic E-state index is -0.952. The van der Waals surface area contributed by atoms with Crippen molar-refractivity contribution < 1.29 is 19.8 Å². The minimum absolute atomic E-state index is 0. The minimum Gasteiger partial charge on any atom is -0.478 e. The average Bonchev–Trinajstić information content (AvgIpc) is 2.37. The van der Waals surface area contributed by atoms with Crippen LogP contribution >= 0.6 is 24.8 Å². The van der Waals surface area contributed by atoms with E-state index in [1.807, 2.05) is 0 Å². The first-order chi connectivity index (χ1) is 9.40. The van der Waals surface area contributed by atoms with Gasteiger partial charge in [-0.2, -0.15) is 0 Å². The number of hydrogen-bond donors (Lipinski definition) is 2. The topological polar surface area (TPSA) is 74.6 Å². The fourth-order valence-corrected chi connectivity index (χ4v) is 2.17. The van der Waals surface area contributed by atoms with Crippen LogP contribution in [0.4, 0.5) is 0 Å². The van der Waals surface area contributed by atoms with Gasteiger partial charge in [0, 0.05) is 0 Å². The summed E-state index contributed by atoms with van der Waals surface area (Å²) in [4.78, 5) is 22.0. The quantitative estimate of drug-likeness (QED) is 0.875. The lowest BCUT2D eigenvalue weighted by atomic mass is 9.97. The highest BCUT2D eigenvalue weighted by Gasteiger charge is 2.10. The molecule has 2 N–H and O–H groups in total. The summed E-state index contributed by atoms with van der Waals surface area (Å²) in [5, 5.41) is 18.0. The molecule has 2 aromatic rings. The van der Waals surface area contributed by atoms with Gasteiger partial charge in [-0.05, 0) is 48.2 Å². The van der Waals surface area contributed by atoms with Crippen LogP contribution in [0.2, 0.25) is 0 Å². The van der Waals surface area contributed by atoms with E-state index in [2.05, 4.69) is 0 Å². The lowest BCUT2D eigenvalue weighted by molar-refractivity contribution is 0.0685. The van der Waals surface area contributed by atoms with Gasteiger partial charge >= 0.3 is 11.9 Å². The molecular formula is C16H16Cl2O4. The highest BCUT2D eigenvalue weighted by atomic mass is 35.5. The maximum absolute atomic E-state index is 11.0. The Bertz CT molecular complexity index is 650. The van der Waals surface area contributed by atoms with Crippen molar-refractivity contribution in [3.8, 4) is 11.1 Å². The summed E-state index contributed by atoms with van der Waals surface area (Å²) in [5.74, 6) is -1.90. The molecule has 0 bridgehead atoms. The van der Waals surface area contributed by atoms with Crippen molar-refractivity contribution in [3.05, 3.63) is 58.7 Å².